The normalized spacial score (nSPS) is 22.3. The molecular weight excluding hydrogens is 332 g/mol. The van der Waals surface area contributed by atoms with Crippen LogP contribution >= 0.6 is 0 Å². The van der Waals surface area contributed by atoms with Crippen molar-refractivity contribution in [2.75, 3.05) is 18.0 Å². The lowest BCUT2D eigenvalue weighted by Gasteiger charge is -2.45. The van der Waals surface area contributed by atoms with Gasteiger partial charge in [0.25, 0.3) is 10.0 Å². The lowest BCUT2D eigenvalue weighted by Crippen LogP contribution is -2.55. The van der Waals surface area contributed by atoms with Crippen molar-refractivity contribution in [1.82, 2.24) is 14.6 Å². The number of hydrogen-bond acceptors (Lipinski definition) is 6. The number of aromatic nitrogens is 2. The maximum absolute atomic E-state index is 13.0. The molecule has 0 amide bonds. The molecule has 1 aliphatic heterocycles. The Hall–Kier alpha value is -2.23. The molecule has 8 nitrogen and oxygen atoms in total. The molecule has 0 bridgehead atoms. The van der Waals surface area contributed by atoms with Gasteiger partial charge in [0.05, 0.1) is 13.2 Å². The van der Waals surface area contributed by atoms with Crippen molar-refractivity contribution >= 4 is 21.7 Å². The number of nitrogens with zero attached hydrogens (tertiary/aromatic N) is 4. The first-order valence-electron chi connectivity index (χ1n) is 7.39. The monoisotopic (exact) mass is 350 g/mol. The van der Waals surface area contributed by atoms with Gasteiger partial charge in [0.2, 0.25) is 5.95 Å². The molecule has 9 heteroatoms. The van der Waals surface area contributed by atoms with Crippen LogP contribution in [0.3, 0.4) is 0 Å². The van der Waals surface area contributed by atoms with Gasteiger partial charge in [-0.2, -0.15) is 4.31 Å². The molecule has 3 rings (SSSR count). The molecule has 128 valence electrons. The first kappa shape index (κ1) is 16.6. The second-order valence-corrected chi connectivity index (χ2v) is 7.77. The second kappa shape index (κ2) is 5.69. The largest absolute Gasteiger partial charge is 0.626 e. The fourth-order valence-electron chi connectivity index (χ4n) is 2.54. The molecular formula is C15H18N4O4S. The van der Waals surface area contributed by atoms with E-state index in [1.807, 2.05) is 13.8 Å². The summed E-state index contributed by atoms with van der Waals surface area (Å²) in [5.41, 5.74) is 0.139. The van der Waals surface area contributed by atoms with Gasteiger partial charge in [-0.15, -0.1) is 0 Å². The highest BCUT2D eigenvalue weighted by Gasteiger charge is 2.42. The molecule has 0 aliphatic carbocycles. The highest BCUT2D eigenvalue weighted by atomic mass is 32.2. The van der Waals surface area contributed by atoms with Gasteiger partial charge in [-0.3, -0.25) is 0 Å². The van der Waals surface area contributed by atoms with Crippen LogP contribution in [-0.2, 0) is 10.0 Å². The van der Waals surface area contributed by atoms with Crippen molar-refractivity contribution < 1.29 is 13.2 Å². The zero-order valence-corrected chi connectivity index (χ0v) is 14.4. The lowest BCUT2D eigenvalue weighted by molar-refractivity contribution is 0.241. The summed E-state index contributed by atoms with van der Waals surface area (Å²) in [4.78, 5) is 7.85. The van der Waals surface area contributed by atoms with Gasteiger partial charge in [0.15, 0.2) is 12.4 Å². The van der Waals surface area contributed by atoms with Crippen molar-refractivity contribution in [2.45, 2.75) is 24.8 Å². The standard InChI is InChI=1S/C15H18N4O4S/c1-11(2)23-12-5-6-14-13(9-12)19(3,20)10-18(24(14,21)22)15-16-7-4-8-17-15/h4-9,11H,10H2,1-3H3. The summed E-state index contributed by atoms with van der Waals surface area (Å²) < 4.78 is 31.4. The molecule has 0 radical (unpaired) electrons. The van der Waals surface area contributed by atoms with E-state index in [0.29, 0.717) is 5.75 Å². The van der Waals surface area contributed by atoms with Crippen LogP contribution in [0.25, 0.3) is 0 Å². The number of hydroxylamine groups is 2. The molecule has 1 aromatic heterocycles. The summed E-state index contributed by atoms with van der Waals surface area (Å²) in [6.07, 6.45) is 2.78. The number of benzene rings is 1. The number of rotatable bonds is 3. The van der Waals surface area contributed by atoms with Gasteiger partial charge >= 0.3 is 0 Å². The fraction of sp³-hybridized carbons (Fsp3) is 0.333. The first-order chi connectivity index (χ1) is 11.2. The lowest BCUT2D eigenvalue weighted by atomic mass is 10.2. The van der Waals surface area contributed by atoms with E-state index in [1.165, 1.54) is 31.6 Å². The molecule has 24 heavy (non-hydrogen) atoms. The van der Waals surface area contributed by atoms with Gasteiger partial charge < -0.3 is 14.6 Å². The van der Waals surface area contributed by atoms with Crippen LogP contribution in [0.4, 0.5) is 11.6 Å². The fourth-order valence-corrected chi connectivity index (χ4v) is 4.21. The Morgan fingerprint density at radius 2 is 1.96 bits per heavy atom. The van der Waals surface area contributed by atoms with E-state index < -0.39 is 14.7 Å². The summed E-state index contributed by atoms with van der Waals surface area (Å²) in [7, 11) is -2.52. The minimum atomic E-state index is -3.92. The van der Waals surface area contributed by atoms with E-state index >= 15 is 0 Å². The molecule has 2 aromatic rings. The van der Waals surface area contributed by atoms with Crippen LogP contribution in [0.15, 0.2) is 41.6 Å². The van der Waals surface area contributed by atoms with E-state index in [-0.39, 0.29) is 29.3 Å². The number of sulfonamides is 1. The third-order valence-electron chi connectivity index (χ3n) is 3.55. The van der Waals surface area contributed by atoms with Crippen molar-refractivity contribution in [2.24, 2.45) is 0 Å². The average molecular weight is 350 g/mol. The van der Waals surface area contributed by atoms with Gasteiger partial charge in [0, 0.05) is 18.5 Å². The summed E-state index contributed by atoms with van der Waals surface area (Å²) in [5, 5.41) is 13.0. The van der Waals surface area contributed by atoms with Crippen molar-refractivity contribution in [1.29, 1.82) is 0 Å². The Balaban J connectivity index is 2.13. The van der Waals surface area contributed by atoms with Gasteiger partial charge in [-0.05, 0) is 32.0 Å². The van der Waals surface area contributed by atoms with Crippen LogP contribution in [0.5, 0.6) is 5.75 Å². The molecule has 1 aliphatic rings. The minimum Gasteiger partial charge on any atom is -0.626 e. The SMILES string of the molecule is CC(C)Oc1ccc2c(c1)[N+](C)([O-])CN(c1ncccn1)S2(=O)=O. The van der Waals surface area contributed by atoms with Crippen LogP contribution in [-0.4, -0.2) is 38.2 Å². The zero-order chi connectivity index (χ0) is 17.5. The van der Waals surface area contributed by atoms with Gasteiger partial charge in [-0.25, -0.2) is 18.4 Å². The number of fused-ring (bicyclic) bond motifs is 1. The third-order valence-corrected chi connectivity index (χ3v) is 5.31. The van der Waals surface area contributed by atoms with Crippen molar-refractivity contribution in [3.63, 3.8) is 0 Å². The Kier molecular flexibility index (Phi) is 3.94. The zero-order valence-electron chi connectivity index (χ0n) is 13.6. The number of anilines is 1. The topological polar surface area (TPSA) is 95.4 Å². The number of quaternary nitrogens is 1. The summed E-state index contributed by atoms with van der Waals surface area (Å²) in [6.45, 7) is 3.37. The van der Waals surface area contributed by atoms with Crippen LogP contribution < -0.4 is 13.7 Å². The summed E-state index contributed by atoms with van der Waals surface area (Å²) in [5.74, 6) is 0.439. The highest BCUT2D eigenvalue weighted by molar-refractivity contribution is 7.93. The van der Waals surface area contributed by atoms with Crippen LogP contribution in [0, 0.1) is 5.21 Å². The molecule has 0 N–H and O–H groups in total. The first-order valence-corrected chi connectivity index (χ1v) is 8.83. The Bertz CT molecular complexity index is 853. The molecule has 1 unspecified atom stereocenters. The van der Waals surface area contributed by atoms with Gasteiger partial charge in [-0.1, -0.05) is 0 Å². The molecule has 0 spiro atoms. The quantitative estimate of drug-likeness (QED) is 0.619. The number of hydrogen-bond donors (Lipinski definition) is 0. The average Bonchev–Trinajstić information content (AvgIpc) is 2.51. The van der Waals surface area contributed by atoms with E-state index in [2.05, 4.69) is 9.97 Å². The maximum atomic E-state index is 13.0. The van der Waals surface area contributed by atoms with Crippen molar-refractivity contribution in [3.8, 4) is 5.75 Å². The van der Waals surface area contributed by atoms with E-state index in [4.69, 9.17) is 4.74 Å². The van der Waals surface area contributed by atoms with Crippen LogP contribution in [0.2, 0.25) is 0 Å². The van der Waals surface area contributed by atoms with Crippen molar-refractivity contribution in [3.05, 3.63) is 41.9 Å². The molecule has 1 aromatic carbocycles. The molecule has 1 atom stereocenters. The molecule has 0 saturated heterocycles. The maximum Gasteiger partial charge on any atom is 0.277 e. The predicted octanol–water partition coefficient (Wildman–Crippen LogP) is 1.87. The van der Waals surface area contributed by atoms with E-state index in [9.17, 15) is 13.6 Å². The minimum absolute atomic E-state index is 0.0224. The Labute approximate surface area is 140 Å². The van der Waals surface area contributed by atoms with Gasteiger partial charge in [0.1, 0.15) is 10.6 Å². The van der Waals surface area contributed by atoms with E-state index in [0.717, 1.165) is 4.31 Å². The Morgan fingerprint density at radius 3 is 2.58 bits per heavy atom. The molecule has 2 heterocycles. The van der Waals surface area contributed by atoms with Crippen LogP contribution in [0.1, 0.15) is 13.8 Å². The number of ether oxygens (including phenoxy) is 1. The Morgan fingerprint density at radius 1 is 1.29 bits per heavy atom. The summed E-state index contributed by atoms with van der Waals surface area (Å²) in [6, 6.07) is 6.01. The highest BCUT2D eigenvalue weighted by Crippen LogP contribution is 2.40. The molecule has 0 saturated carbocycles. The van der Waals surface area contributed by atoms with E-state index in [1.54, 1.807) is 12.1 Å². The predicted molar refractivity (Wildman–Crippen MR) is 89.9 cm³/mol. The molecule has 0 fully saturated rings. The second-order valence-electron chi connectivity index (χ2n) is 5.94. The third kappa shape index (κ3) is 2.81. The smallest absolute Gasteiger partial charge is 0.277 e. The summed E-state index contributed by atoms with van der Waals surface area (Å²) >= 11 is 0.